The van der Waals surface area contributed by atoms with Gasteiger partial charge in [0.2, 0.25) is 6.29 Å². The van der Waals surface area contributed by atoms with Crippen molar-refractivity contribution in [3.63, 3.8) is 0 Å². The first-order valence-corrected chi connectivity index (χ1v) is 18.5. The van der Waals surface area contributed by atoms with Crippen LogP contribution in [0, 0.1) is 5.92 Å². The molecule has 0 saturated carbocycles. The first-order chi connectivity index (χ1) is 15.7. The maximum atomic E-state index is 12.9. The van der Waals surface area contributed by atoms with Gasteiger partial charge >= 0.3 is 5.97 Å². The molecule has 0 fully saturated rings. The fraction of sp³-hybridized carbons (Fsp3) is 0.778. The highest BCUT2D eigenvalue weighted by atomic mass is 28.4. The zero-order valence-electron chi connectivity index (χ0n) is 24.2. The molecule has 0 aromatic rings. The van der Waals surface area contributed by atoms with Crippen LogP contribution in [0.1, 0.15) is 68.2 Å². The molecule has 1 aliphatic heterocycles. The molecule has 0 aromatic heterocycles. The summed E-state index contributed by atoms with van der Waals surface area (Å²) in [4.78, 5) is 24.4. The van der Waals surface area contributed by atoms with Crippen LogP contribution >= 0.6 is 0 Å². The van der Waals surface area contributed by atoms with E-state index in [0.717, 1.165) is 5.57 Å². The van der Waals surface area contributed by atoms with Gasteiger partial charge in [0.25, 0.3) is 0 Å². The van der Waals surface area contributed by atoms with Crippen LogP contribution in [-0.2, 0) is 27.9 Å². The predicted octanol–water partition coefficient (Wildman–Crippen LogP) is 6.78. The Hall–Kier alpha value is -1.07. The quantitative estimate of drug-likeness (QED) is 0.168. The second kappa shape index (κ2) is 12.0. The SMILES string of the molecule is C=C(C)[C@H](CC[C@H](CO[Si](C)(C)C(C)(C)C)C1OC(OC(C)=O)C=CC1=O)O[Si](C)(C)C(C)(C)C. The summed E-state index contributed by atoms with van der Waals surface area (Å²) in [6.45, 7) is 30.1. The average molecular weight is 527 g/mol. The molecule has 6 nitrogen and oxygen atoms in total. The van der Waals surface area contributed by atoms with Crippen LogP contribution in [0.2, 0.25) is 36.3 Å². The van der Waals surface area contributed by atoms with Crippen molar-refractivity contribution in [3.05, 3.63) is 24.3 Å². The number of ether oxygens (including phenoxy) is 2. The number of rotatable bonds is 11. The van der Waals surface area contributed by atoms with Crippen molar-refractivity contribution < 1.29 is 27.9 Å². The number of hydrogen-bond donors (Lipinski definition) is 0. The monoisotopic (exact) mass is 526 g/mol. The zero-order valence-corrected chi connectivity index (χ0v) is 26.2. The van der Waals surface area contributed by atoms with E-state index in [1.807, 2.05) is 6.92 Å². The summed E-state index contributed by atoms with van der Waals surface area (Å²) in [6, 6.07) is 0. The van der Waals surface area contributed by atoms with Crippen LogP contribution < -0.4 is 0 Å². The Morgan fingerprint density at radius 2 is 1.57 bits per heavy atom. The lowest BCUT2D eigenvalue weighted by atomic mass is 9.91. The summed E-state index contributed by atoms with van der Waals surface area (Å²) in [5.41, 5.74) is 0.979. The molecule has 0 N–H and O–H groups in total. The number of ketones is 1. The summed E-state index contributed by atoms with van der Waals surface area (Å²) in [5, 5.41) is 0.122. The third-order valence-electron chi connectivity index (χ3n) is 7.75. The second-order valence-electron chi connectivity index (χ2n) is 12.9. The van der Waals surface area contributed by atoms with Crippen molar-refractivity contribution in [2.24, 2.45) is 5.92 Å². The maximum Gasteiger partial charge on any atom is 0.305 e. The molecule has 1 rings (SSSR count). The number of esters is 1. The maximum absolute atomic E-state index is 12.9. The Labute approximate surface area is 216 Å². The predicted molar refractivity (Wildman–Crippen MR) is 147 cm³/mol. The molecule has 35 heavy (non-hydrogen) atoms. The van der Waals surface area contributed by atoms with Gasteiger partial charge in [-0.25, -0.2) is 0 Å². The highest BCUT2D eigenvalue weighted by Crippen LogP contribution is 2.40. The molecule has 0 aliphatic carbocycles. The lowest BCUT2D eigenvalue weighted by molar-refractivity contribution is -0.186. The molecule has 1 aliphatic rings. The lowest BCUT2D eigenvalue weighted by Gasteiger charge is -2.41. The Morgan fingerprint density at radius 3 is 2.03 bits per heavy atom. The van der Waals surface area contributed by atoms with E-state index < -0.39 is 35.0 Å². The van der Waals surface area contributed by atoms with Crippen LogP contribution in [0.25, 0.3) is 0 Å². The van der Waals surface area contributed by atoms with Crippen molar-refractivity contribution in [3.8, 4) is 0 Å². The molecular formula is C27H50O6Si2. The average Bonchev–Trinajstić information content (AvgIpc) is 2.66. The van der Waals surface area contributed by atoms with Gasteiger partial charge < -0.3 is 18.3 Å². The van der Waals surface area contributed by atoms with Gasteiger partial charge in [0.15, 0.2) is 22.4 Å². The van der Waals surface area contributed by atoms with E-state index >= 15 is 0 Å². The minimum absolute atomic E-state index is 0.0425. The van der Waals surface area contributed by atoms with E-state index in [2.05, 4.69) is 74.3 Å². The van der Waals surface area contributed by atoms with Gasteiger partial charge in [0, 0.05) is 19.4 Å². The molecule has 0 radical (unpaired) electrons. The second-order valence-corrected chi connectivity index (χ2v) is 22.5. The molecule has 1 heterocycles. The molecule has 202 valence electrons. The zero-order chi connectivity index (χ0) is 27.4. The van der Waals surface area contributed by atoms with Crippen LogP contribution in [-0.4, -0.2) is 53.5 Å². The van der Waals surface area contributed by atoms with E-state index in [0.29, 0.717) is 19.4 Å². The van der Waals surface area contributed by atoms with E-state index in [9.17, 15) is 9.59 Å². The van der Waals surface area contributed by atoms with Crippen molar-refractivity contribution in [1.29, 1.82) is 0 Å². The smallest absolute Gasteiger partial charge is 0.305 e. The van der Waals surface area contributed by atoms with Crippen LogP contribution in [0.5, 0.6) is 0 Å². The summed E-state index contributed by atoms with van der Waals surface area (Å²) in [7, 11) is -4.06. The standard InChI is InChI=1S/C27H50O6Si2/c1-19(2)23(33-35(12,13)27(7,8)9)16-14-21(18-30-34(10,11)26(4,5)6)25-22(29)15-17-24(32-25)31-20(3)28/h15,17,21,23-25H,1,14,16,18H2,2-13H3/t21-,23+,24?,25?/m1/s1. The fourth-order valence-electron chi connectivity index (χ4n) is 3.26. The molecule has 8 heteroatoms. The normalized spacial score (nSPS) is 21.5. The van der Waals surface area contributed by atoms with Crippen molar-refractivity contribution in [1.82, 2.24) is 0 Å². The largest absolute Gasteiger partial charge is 0.432 e. The summed E-state index contributed by atoms with van der Waals surface area (Å²) in [6.07, 6.45) is 2.61. The van der Waals surface area contributed by atoms with E-state index in [-0.39, 0.29) is 27.9 Å². The van der Waals surface area contributed by atoms with Crippen molar-refractivity contribution in [2.75, 3.05) is 6.61 Å². The van der Waals surface area contributed by atoms with E-state index in [1.54, 1.807) is 0 Å². The van der Waals surface area contributed by atoms with Gasteiger partial charge in [-0.1, -0.05) is 53.7 Å². The number of carbonyl (C=O) groups excluding carboxylic acids is 2. The molecule has 0 bridgehead atoms. The lowest BCUT2D eigenvalue weighted by Crippen LogP contribution is -2.47. The Balaban J connectivity index is 3.14. The molecule has 0 aromatic carbocycles. The first-order valence-electron chi connectivity index (χ1n) is 12.7. The first kappa shape index (κ1) is 32.0. The van der Waals surface area contributed by atoms with E-state index in [1.165, 1.54) is 19.1 Å². The topological polar surface area (TPSA) is 71.1 Å². The number of hydrogen-bond acceptors (Lipinski definition) is 6. The molecule has 0 amide bonds. The van der Waals surface area contributed by atoms with Crippen molar-refractivity contribution in [2.45, 2.75) is 123 Å². The minimum Gasteiger partial charge on any atom is -0.432 e. The van der Waals surface area contributed by atoms with Gasteiger partial charge in [-0.15, -0.1) is 0 Å². The Morgan fingerprint density at radius 1 is 1.03 bits per heavy atom. The third kappa shape index (κ3) is 9.39. The summed E-state index contributed by atoms with van der Waals surface area (Å²) < 4.78 is 24.4. The van der Waals surface area contributed by atoms with Gasteiger partial charge in [-0.2, -0.15) is 0 Å². The Kier molecular flexibility index (Phi) is 10.9. The molecule has 0 saturated heterocycles. The minimum atomic E-state index is -2.05. The van der Waals surface area contributed by atoms with Gasteiger partial charge in [-0.3, -0.25) is 9.59 Å². The van der Waals surface area contributed by atoms with Gasteiger partial charge in [-0.05, 0) is 68.2 Å². The fourth-order valence-corrected chi connectivity index (χ4v) is 5.70. The van der Waals surface area contributed by atoms with Crippen LogP contribution in [0.3, 0.4) is 0 Å². The molecule has 0 spiro atoms. The highest BCUT2D eigenvalue weighted by molar-refractivity contribution is 6.74. The Bertz CT molecular complexity index is 788. The third-order valence-corrected chi connectivity index (χ3v) is 16.7. The highest BCUT2D eigenvalue weighted by Gasteiger charge is 2.42. The molecule has 2 unspecified atom stereocenters. The van der Waals surface area contributed by atoms with Crippen LogP contribution in [0.4, 0.5) is 0 Å². The van der Waals surface area contributed by atoms with E-state index in [4.69, 9.17) is 18.3 Å². The molecule has 4 atom stereocenters. The summed E-state index contributed by atoms with van der Waals surface area (Å²) >= 11 is 0. The van der Waals surface area contributed by atoms with Gasteiger partial charge in [0.1, 0.15) is 6.10 Å². The molecular weight excluding hydrogens is 476 g/mol. The summed E-state index contributed by atoms with van der Waals surface area (Å²) in [5.74, 6) is -0.786. The van der Waals surface area contributed by atoms with Gasteiger partial charge in [0.05, 0.1) is 6.10 Å². The van der Waals surface area contributed by atoms with Crippen molar-refractivity contribution >= 4 is 28.4 Å². The van der Waals surface area contributed by atoms with Crippen LogP contribution in [0.15, 0.2) is 24.3 Å². The number of carbonyl (C=O) groups is 2.